The van der Waals surface area contributed by atoms with Crippen molar-refractivity contribution in [3.8, 4) is 11.5 Å². The summed E-state index contributed by atoms with van der Waals surface area (Å²) in [7, 11) is -3.96. The zero-order valence-corrected chi connectivity index (χ0v) is 20.1. The van der Waals surface area contributed by atoms with E-state index in [-0.39, 0.29) is 46.0 Å². The molecule has 9 nitrogen and oxygen atoms in total. The van der Waals surface area contributed by atoms with E-state index in [2.05, 4.69) is 4.99 Å². The van der Waals surface area contributed by atoms with Crippen molar-refractivity contribution >= 4 is 38.0 Å². The van der Waals surface area contributed by atoms with Gasteiger partial charge in [-0.3, -0.25) is 14.6 Å². The summed E-state index contributed by atoms with van der Waals surface area (Å²) in [6.07, 6.45) is 2.90. The van der Waals surface area contributed by atoms with Gasteiger partial charge < -0.3 is 20.1 Å². The Morgan fingerprint density at radius 1 is 1.22 bits per heavy atom. The maximum atomic E-state index is 14.1. The first-order valence-electron chi connectivity index (χ1n) is 11.5. The van der Waals surface area contributed by atoms with Crippen LogP contribution in [0.1, 0.15) is 31.2 Å². The van der Waals surface area contributed by atoms with Crippen molar-refractivity contribution in [2.24, 2.45) is 16.6 Å². The Kier molecular flexibility index (Phi) is 6.03. The van der Waals surface area contributed by atoms with Crippen molar-refractivity contribution in [3.05, 3.63) is 58.1 Å². The topological polar surface area (TPSA) is 141 Å². The van der Waals surface area contributed by atoms with E-state index in [0.717, 1.165) is 25.3 Å². The second-order valence-corrected chi connectivity index (χ2v) is 11.0. The number of fused-ring (bicyclic) bond motifs is 2. The molecule has 1 amide bonds. The summed E-state index contributed by atoms with van der Waals surface area (Å²) in [5, 5.41) is 11.1. The maximum Gasteiger partial charge on any atom is 0.263 e. The molecular formula is C25H24FN3O6S. The van der Waals surface area contributed by atoms with E-state index in [9.17, 15) is 27.5 Å². The number of benzene rings is 2. The van der Waals surface area contributed by atoms with Crippen LogP contribution in [0.25, 0.3) is 10.9 Å². The number of hydrogen-bond acceptors (Lipinski definition) is 7. The average Bonchev–Trinajstić information content (AvgIpc) is 3.64. The van der Waals surface area contributed by atoms with Gasteiger partial charge in [0, 0.05) is 18.0 Å². The normalized spacial score (nSPS) is 16.4. The molecule has 0 unspecified atom stereocenters. The lowest BCUT2D eigenvalue weighted by molar-refractivity contribution is -0.118. The van der Waals surface area contributed by atoms with Crippen LogP contribution in [0.15, 0.2) is 51.1 Å². The molecule has 3 N–H and O–H groups in total. The molecule has 1 fully saturated rings. The Morgan fingerprint density at radius 2 is 2.00 bits per heavy atom. The fourth-order valence-electron chi connectivity index (χ4n) is 4.37. The fourth-order valence-corrected chi connectivity index (χ4v) is 5.82. The SMILES string of the molecule is NC(=O)CCOc1ccc2c(c1)S(=O)(=O)CC(c1c(O)c3cc(F)ccc3n(CCC3CC3)c1=O)=N2. The molecule has 1 aliphatic heterocycles. The molecule has 3 aromatic rings. The number of halogens is 1. The van der Waals surface area contributed by atoms with E-state index in [1.807, 2.05) is 0 Å². The van der Waals surface area contributed by atoms with Crippen LogP contribution in [0.3, 0.4) is 0 Å². The first-order chi connectivity index (χ1) is 17.1. The Labute approximate surface area is 205 Å². The van der Waals surface area contributed by atoms with Gasteiger partial charge in [0.15, 0.2) is 9.84 Å². The molecule has 0 atom stereocenters. The zero-order chi connectivity index (χ0) is 25.6. The summed E-state index contributed by atoms with van der Waals surface area (Å²) in [6.45, 7) is 0.353. The van der Waals surface area contributed by atoms with Gasteiger partial charge in [0.2, 0.25) is 5.91 Å². The second-order valence-electron chi connectivity index (χ2n) is 9.09. The number of amides is 1. The molecule has 5 rings (SSSR count). The number of pyridine rings is 1. The van der Waals surface area contributed by atoms with Gasteiger partial charge >= 0.3 is 0 Å². The molecule has 11 heteroatoms. The molecule has 188 valence electrons. The molecule has 1 saturated carbocycles. The summed E-state index contributed by atoms with van der Waals surface area (Å²) < 4.78 is 47.3. The van der Waals surface area contributed by atoms with Gasteiger partial charge in [-0.15, -0.1) is 0 Å². The quantitative estimate of drug-likeness (QED) is 0.475. The zero-order valence-electron chi connectivity index (χ0n) is 19.2. The van der Waals surface area contributed by atoms with Crippen molar-refractivity contribution < 1.29 is 27.4 Å². The van der Waals surface area contributed by atoms with E-state index in [1.54, 1.807) is 0 Å². The number of ether oxygens (including phenoxy) is 1. The molecular weight excluding hydrogens is 489 g/mol. The number of carbonyl (C=O) groups excluding carboxylic acids is 1. The lowest BCUT2D eigenvalue weighted by atomic mass is 10.1. The largest absolute Gasteiger partial charge is 0.506 e. The van der Waals surface area contributed by atoms with E-state index < -0.39 is 38.6 Å². The van der Waals surface area contributed by atoms with Crippen LogP contribution in [-0.4, -0.2) is 42.1 Å². The number of aliphatic imine (C=N–C) groups is 1. The van der Waals surface area contributed by atoms with Crippen LogP contribution in [-0.2, 0) is 21.2 Å². The summed E-state index contributed by atoms with van der Waals surface area (Å²) in [5.74, 6) is -1.53. The Morgan fingerprint density at radius 3 is 2.72 bits per heavy atom. The number of sulfone groups is 1. The van der Waals surface area contributed by atoms with Gasteiger partial charge in [0.1, 0.15) is 22.9 Å². The number of aromatic hydroxyl groups is 1. The van der Waals surface area contributed by atoms with Gasteiger partial charge in [0.25, 0.3) is 5.56 Å². The molecule has 2 heterocycles. The minimum absolute atomic E-state index is 0.00932. The molecule has 1 aromatic heterocycles. The number of nitrogens with two attached hydrogens (primary N) is 1. The number of hydrogen-bond donors (Lipinski definition) is 2. The van der Waals surface area contributed by atoms with Gasteiger partial charge in [-0.2, -0.15) is 0 Å². The molecule has 0 radical (unpaired) electrons. The highest BCUT2D eigenvalue weighted by atomic mass is 32.2. The van der Waals surface area contributed by atoms with Gasteiger partial charge in [-0.05, 0) is 42.7 Å². The lowest BCUT2D eigenvalue weighted by Gasteiger charge is -2.20. The number of aryl methyl sites for hydroxylation is 1. The molecule has 0 bridgehead atoms. The third-order valence-electron chi connectivity index (χ3n) is 6.41. The summed E-state index contributed by atoms with van der Waals surface area (Å²) in [4.78, 5) is 28.8. The summed E-state index contributed by atoms with van der Waals surface area (Å²) in [5.41, 5.74) is 4.62. The van der Waals surface area contributed by atoms with Crippen LogP contribution in [0.2, 0.25) is 0 Å². The monoisotopic (exact) mass is 513 g/mol. The minimum Gasteiger partial charge on any atom is -0.506 e. The second kappa shape index (κ2) is 9.05. The van der Waals surface area contributed by atoms with E-state index in [0.29, 0.717) is 18.0 Å². The molecule has 0 spiro atoms. The fraction of sp³-hybridized carbons (Fsp3) is 0.320. The van der Waals surface area contributed by atoms with E-state index in [4.69, 9.17) is 10.5 Å². The van der Waals surface area contributed by atoms with E-state index in [1.165, 1.54) is 34.9 Å². The van der Waals surface area contributed by atoms with E-state index >= 15 is 0 Å². The number of nitrogens with zero attached hydrogens (tertiary/aromatic N) is 2. The predicted octanol–water partition coefficient (Wildman–Crippen LogP) is 2.81. The van der Waals surface area contributed by atoms with Gasteiger partial charge in [0.05, 0.1) is 40.6 Å². The molecule has 36 heavy (non-hydrogen) atoms. The summed E-state index contributed by atoms with van der Waals surface area (Å²) >= 11 is 0. The smallest absolute Gasteiger partial charge is 0.263 e. The first-order valence-corrected chi connectivity index (χ1v) is 13.2. The van der Waals surface area contributed by atoms with Crippen LogP contribution < -0.4 is 16.0 Å². The third kappa shape index (κ3) is 4.58. The van der Waals surface area contributed by atoms with Crippen LogP contribution in [0, 0.1) is 11.7 Å². The predicted molar refractivity (Wildman–Crippen MR) is 131 cm³/mol. The Bertz CT molecular complexity index is 1590. The van der Waals surface area contributed by atoms with Crippen molar-refractivity contribution in [3.63, 3.8) is 0 Å². The Hall–Kier alpha value is -3.73. The van der Waals surface area contributed by atoms with Gasteiger partial charge in [-0.1, -0.05) is 12.8 Å². The van der Waals surface area contributed by atoms with Gasteiger partial charge in [-0.25, -0.2) is 12.8 Å². The number of rotatable bonds is 8. The van der Waals surface area contributed by atoms with Crippen molar-refractivity contribution in [2.75, 3.05) is 12.4 Å². The highest BCUT2D eigenvalue weighted by molar-refractivity contribution is 7.92. The molecule has 2 aliphatic rings. The standard InChI is InChI=1S/C25H24FN3O6S/c26-15-3-6-20-17(11-15)24(31)23(25(32)29(20)9-7-14-1-2-14)19-13-36(33,34)21-12-16(4-5-18(21)28-19)35-10-8-22(27)30/h3-6,11-12,14,31H,1-2,7-10,13H2,(H2,27,30). The molecule has 0 saturated heterocycles. The van der Waals surface area contributed by atoms with Crippen molar-refractivity contribution in [1.82, 2.24) is 4.57 Å². The van der Waals surface area contributed by atoms with Crippen LogP contribution in [0.5, 0.6) is 11.5 Å². The highest BCUT2D eigenvalue weighted by Crippen LogP contribution is 2.37. The maximum absolute atomic E-state index is 14.1. The number of primary amides is 1. The summed E-state index contributed by atoms with van der Waals surface area (Å²) in [6, 6.07) is 8.01. The minimum atomic E-state index is -3.96. The van der Waals surface area contributed by atoms with Crippen LogP contribution in [0.4, 0.5) is 10.1 Å². The van der Waals surface area contributed by atoms with Crippen LogP contribution >= 0.6 is 0 Å². The lowest BCUT2D eigenvalue weighted by Crippen LogP contribution is -2.31. The highest BCUT2D eigenvalue weighted by Gasteiger charge is 2.32. The first kappa shape index (κ1) is 24.0. The van der Waals surface area contributed by atoms with Crippen molar-refractivity contribution in [1.29, 1.82) is 0 Å². The molecule has 1 aliphatic carbocycles. The van der Waals surface area contributed by atoms with Crippen molar-refractivity contribution in [2.45, 2.75) is 37.1 Å². The number of aromatic nitrogens is 1. The third-order valence-corrected chi connectivity index (χ3v) is 8.06. The number of carbonyl (C=O) groups is 1. The average molecular weight is 514 g/mol. The Balaban J connectivity index is 1.61. The molecule has 2 aromatic carbocycles.